The number of halogens is 1. The number of fused-ring (bicyclic) bond motifs is 1. The Morgan fingerprint density at radius 1 is 1.45 bits per heavy atom. The van der Waals surface area contributed by atoms with E-state index in [1.165, 1.54) is 16.0 Å². The summed E-state index contributed by atoms with van der Waals surface area (Å²) in [5.74, 6) is 0.00622. The number of anilines is 1. The number of nitrogens with zero attached hydrogens (tertiary/aromatic N) is 4. The van der Waals surface area contributed by atoms with Crippen LogP contribution in [-0.4, -0.2) is 26.1 Å². The van der Waals surface area contributed by atoms with Gasteiger partial charge in [0.25, 0.3) is 5.91 Å². The van der Waals surface area contributed by atoms with E-state index in [4.69, 9.17) is 11.6 Å². The first-order valence-corrected chi connectivity index (χ1v) is 7.14. The van der Waals surface area contributed by atoms with Crippen molar-refractivity contribution in [3.05, 3.63) is 34.2 Å². The molecule has 6 nitrogen and oxygen atoms in total. The summed E-state index contributed by atoms with van der Waals surface area (Å²) in [6.07, 6.45) is 0. The van der Waals surface area contributed by atoms with Crippen LogP contribution in [0.1, 0.15) is 16.6 Å². The van der Waals surface area contributed by atoms with Gasteiger partial charge in [0.15, 0.2) is 0 Å². The molecule has 0 saturated carbocycles. The molecule has 3 rings (SSSR count). The van der Waals surface area contributed by atoms with E-state index in [0.29, 0.717) is 22.4 Å². The molecule has 2 aromatic heterocycles. The number of aryl methyl sites for hydroxylation is 1. The Kier molecular flexibility index (Phi) is 3.37. The molecular formula is C12H10ClN5OS. The fraction of sp³-hybridized carbons (Fsp3) is 0.167. The van der Waals surface area contributed by atoms with Gasteiger partial charge >= 0.3 is 0 Å². The monoisotopic (exact) mass is 307 g/mol. The SMILES string of the molecule is CCn1nnnc1NC(=O)c1sc2ccccc2c1Cl. The van der Waals surface area contributed by atoms with Crippen LogP contribution in [0.25, 0.3) is 10.1 Å². The van der Waals surface area contributed by atoms with Crippen LogP contribution in [0.15, 0.2) is 24.3 Å². The zero-order valence-electron chi connectivity index (χ0n) is 10.5. The van der Waals surface area contributed by atoms with Crippen LogP contribution in [-0.2, 0) is 6.54 Å². The fourth-order valence-electron chi connectivity index (χ4n) is 1.83. The number of tetrazole rings is 1. The predicted molar refractivity (Wildman–Crippen MR) is 78.3 cm³/mol. The van der Waals surface area contributed by atoms with E-state index >= 15 is 0 Å². The lowest BCUT2D eigenvalue weighted by molar-refractivity contribution is 0.102. The Morgan fingerprint density at radius 3 is 3.00 bits per heavy atom. The lowest BCUT2D eigenvalue weighted by atomic mass is 10.2. The predicted octanol–water partition coefficient (Wildman–Crippen LogP) is 2.81. The second kappa shape index (κ2) is 5.18. The minimum atomic E-state index is -0.305. The van der Waals surface area contributed by atoms with Gasteiger partial charge in [0, 0.05) is 16.6 Å². The molecule has 0 spiro atoms. The Balaban J connectivity index is 1.95. The van der Waals surface area contributed by atoms with E-state index in [2.05, 4.69) is 20.8 Å². The first kappa shape index (κ1) is 13.0. The third-order valence-corrected chi connectivity index (χ3v) is 4.47. The summed E-state index contributed by atoms with van der Waals surface area (Å²) in [4.78, 5) is 12.7. The molecule has 0 aliphatic heterocycles. The molecule has 2 heterocycles. The normalized spacial score (nSPS) is 10.9. The number of benzene rings is 1. The second-order valence-corrected chi connectivity index (χ2v) is 5.44. The first-order valence-electron chi connectivity index (χ1n) is 5.95. The van der Waals surface area contributed by atoms with Crippen molar-refractivity contribution in [3.63, 3.8) is 0 Å². The zero-order chi connectivity index (χ0) is 14.1. The van der Waals surface area contributed by atoms with E-state index in [-0.39, 0.29) is 5.91 Å². The van der Waals surface area contributed by atoms with Gasteiger partial charge in [-0.2, -0.15) is 0 Å². The van der Waals surface area contributed by atoms with Gasteiger partial charge in [-0.05, 0) is 23.4 Å². The van der Waals surface area contributed by atoms with Gasteiger partial charge in [-0.25, -0.2) is 4.68 Å². The molecule has 0 radical (unpaired) electrons. The molecule has 0 aliphatic rings. The molecule has 0 atom stereocenters. The standard InChI is InChI=1S/C12H10ClN5OS/c1-2-18-12(15-16-17-18)14-11(19)10-9(13)7-5-3-4-6-8(7)20-10/h3-6H,2H2,1H3,(H,14,15,17,19). The molecule has 1 amide bonds. The average Bonchev–Trinajstić information content (AvgIpc) is 3.04. The van der Waals surface area contributed by atoms with E-state index in [0.717, 1.165) is 10.1 Å². The van der Waals surface area contributed by atoms with E-state index in [1.54, 1.807) is 0 Å². The summed E-state index contributed by atoms with van der Waals surface area (Å²) in [5.41, 5.74) is 0. The van der Waals surface area contributed by atoms with Crippen LogP contribution in [0.4, 0.5) is 5.95 Å². The minimum Gasteiger partial charge on any atom is -0.288 e. The van der Waals surface area contributed by atoms with Gasteiger partial charge in [-0.3, -0.25) is 10.1 Å². The van der Waals surface area contributed by atoms with Gasteiger partial charge < -0.3 is 0 Å². The Hall–Kier alpha value is -1.99. The fourth-order valence-corrected chi connectivity index (χ4v) is 3.24. The van der Waals surface area contributed by atoms with Gasteiger partial charge in [-0.1, -0.05) is 34.9 Å². The Labute approximate surface area is 123 Å². The lowest BCUT2D eigenvalue weighted by Gasteiger charge is -2.02. The van der Waals surface area contributed by atoms with Crippen molar-refractivity contribution in [3.8, 4) is 0 Å². The third kappa shape index (κ3) is 2.14. The molecule has 0 fully saturated rings. The molecule has 8 heteroatoms. The molecule has 0 unspecified atom stereocenters. The summed E-state index contributed by atoms with van der Waals surface area (Å²) >= 11 is 7.60. The van der Waals surface area contributed by atoms with Crippen LogP contribution < -0.4 is 5.32 Å². The molecule has 3 aromatic rings. The number of carbonyl (C=O) groups excluding carboxylic acids is 1. The molecule has 0 aliphatic carbocycles. The quantitative estimate of drug-likeness (QED) is 0.807. The minimum absolute atomic E-state index is 0.305. The summed E-state index contributed by atoms with van der Waals surface area (Å²) < 4.78 is 2.47. The Morgan fingerprint density at radius 2 is 2.25 bits per heavy atom. The number of rotatable bonds is 3. The topological polar surface area (TPSA) is 72.7 Å². The number of carbonyl (C=O) groups is 1. The summed E-state index contributed by atoms with van der Waals surface area (Å²) in [7, 11) is 0. The number of amides is 1. The average molecular weight is 308 g/mol. The van der Waals surface area contributed by atoms with Crippen molar-refractivity contribution in [1.82, 2.24) is 20.2 Å². The van der Waals surface area contributed by atoms with Crippen LogP contribution in [0.3, 0.4) is 0 Å². The van der Waals surface area contributed by atoms with Crippen molar-refractivity contribution in [2.45, 2.75) is 13.5 Å². The zero-order valence-corrected chi connectivity index (χ0v) is 12.1. The molecule has 20 heavy (non-hydrogen) atoms. The lowest BCUT2D eigenvalue weighted by Crippen LogP contribution is -2.15. The summed E-state index contributed by atoms with van der Waals surface area (Å²) in [5, 5.41) is 15.1. The molecule has 1 aromatic carbocycles. The van der Waals surface area contributed by atoms with Crippen LogP contribution in [0.5, 0.6) is 0 Å². The number of hydrogen-bond acceptors (Lipinski definition) is 5. The van der Waals surface area contributed by atoms with E-state index < -0.39 is 0 Å². The largest absolute Gasteiger partial charge is 0.288 e. The maximum atomic E-state index is 12.3. The maximum absolute atomic E-state index is 12.3. The molecule has 102 valence electrons. The first-order chi connectivity index (χ1) is 9.70. The van der Waals surface area contributed by atoms with Crippen molar-refractivity contribution in [1.29, 1.82) is 0 Å². The molecule has 0 saturated heterocycles. The highest BCUT2D eigenvalue weighted by atomic mass is 35.5. The van der Waals surface area contributed by atoms with Crippen molar-refractivity contribution < 1.29 is 4.79 Å². The van der Waals surface area contributed by atoms with Crippen LogP contribution in [0.2, 0.25) is 5.02 Å². The number of hydrogen-bond donors (Lipinski definition) is 1. The van der Waals surface area contributed by atoms with Gasteiger partial charge in [0.05, 0.1) is 5.02 Å². The molecular weight excluding hydrogens is 298 g/mol. The van der Waals surface area contributed by atoms with Gasteiger partial charge in [-0.15, -0.1) is 11.3 Å². The molecule has 1 N–H and O–H groups in total. The number of nitrogens with one attached hydrogen (secondary N) is 1. The van der Waals surface area contributed by atoms with Gasteiger partial charge in [0.2, 0.25) is 5.95 Å². The highest BCUT2D eigenvalue weighted by molar-refractivity contribution is 7.21. The van der Waals surface area contributed by atoms with Crippen LogP contribution >= 0.6 is 22.9 Å². The van der Waals surface area contributed by atoms with Crippen LogP contribution in [0, 0.1) is 0 Å². The highest BCUT2D eigenvalue weighted by Gasteiger charge is 2.18. The summed E-state index contributed by atoms with van der Waals surface area (Å²) in [6.45, 7) is 2.46. The number of thiophene rings is 1. The molecule has 0 bridgehead atoms. The maximum Gasteiger partial charge on any atom is 0.269 e. The smallest absolute Gasteiger partial charge is 0.269 e. The third-order valence-electron chi connectivity index (χ3n) is 2.80. The van der Waals surface area contributed by atoms with E-state index in [1.807, 2.05) is 31.2 Å². The van der Waals surface area contributed by atoms with E-state index in [9.17, 15) is 4.79 Å². The van der Waals surface area contributed by atoms with Gasteiger partial charge in [0.1, 0.15) is 4.88 Å². The Bertz CT molecular complexity index is 781. The van der Waals surface area contributed by atoms with Crippen molar-refractivity contribution in [2.75, 3.05) is 5.32 Å². The van der Waals surface area contributed by atoms with Crippen molar-refractivity contribution in [2.24, 2.45) is 0 Å². The second-order valence-electron chi connectivity index (χ2n) is 4.01. The highest BCUT2D eigenvalue weighted by Crippen LogP contribution is 2.35. The summed E-state index contributed by atoms with van der Waals surface area (Å²) in [6, 6.07) is 7.62. The number of aromatic nitrogens is 4. The van der Waals surface area contributed by atoms with Crippen molar-refractivity contribution >= 4 is 44.9 Å².